The van der Waals surface area contributed by atoms with Gasteiger partial charge in [-0.15, -0.1) is 0 Å². The summed E-state index contributed by atoms with van der Waals surface area (Å²) >= 11 is 6.32. The lowest BCUT2D eigenvalue weighted by molar-refractivity contribution is 0.117. The summed E-state index contributed by atoms with van der Waals surface area (Å²) in [6, 6.07) is 26.6. The molecule has 0 aliphatic rings. The molecular weight excluding hydrogens is 548 g/mol. The Morgan fingerprint density at radius 3 is 2.43 bits per heavy atom. The first-order chi connectivity index (χ1) is 20.2. The molecule has 7 nitrogen and oxygen atoms in total. The fourth-order valence-corrected chi connectivity index (χ4v) is 5.71. The Hall–Kier alpha value is -4.43. The minimum atomic E-state index is -1.52. The van der Waals surface area contributed by atoms with Gasteiger partial charge in [0.15, 0.2) is 5.60 Å². The van der Waals surface area contributed by atoms with Crippen LogP contribution in [0.4, 0.5) is 0 Å². The SMILES string of the molecule is Cc1ccc(CNCc2ccc(C(O)(c3ccc4c(c3)c(-c3cccc(Cl)c3)cc(=O)n4C)c3cncn3C)cc2)o1. The van der Waals surface area contributed by atoms with E-state index in [1.165, 1.54) is 0 Å². The summed E-state index contributed by atoms with van der Waals surface area (Å²) in [7, 11) is 3.61. The summed E-state index contributed by atoms with van der Waals surface area (Å²) in [6.45, 7) is 3.21. The van der Waals surface area contributed by atoms with Crippen LogP contribution in [0.25, 0.3) is 22.0 Å². The number of rotatable bonds is 8. The molecular formula is C34H31ClN4O3. The highest BCUT2D eigenvalue weighted by Crippen LogP contribution is 2.39. The molecule has 3 aromatic carbocycles. The molecule has 3 heterocycles. The number of hydrogen-bond donors (Lipinski definition) is 2. The molecule has 2 N–H and O–H groups in total. The zero-order chi connectivity index (χ0) is 29.4. The molecule has 0 aliphatic carbocycles. The minimum absolute atomic E-state index is 0.126. The first-order valence-corrected chi connectivity index (χ1v) is 14.1. The van der Waals surface area contributed by atoms with Crippen molar-refractivity contribution in [3.63, 3.8) is 0 Å². The summed E-state index contributed by atoms with van der Waals surface area (Å²) in [4.78, 5) is 17.2. The van der Waals surface area contributed by atoms with E-state index in [1.54, 1.807) is 36.3 Å². The third kappa shape index (κ3) is 5.07. The lowest BCUT2D eigenvalue weighted by atomic mass is 9.82. The average Bonchev–Trinajstić information content (AvgIpc) is 3.62. The second kappa shape index (κ2) is 11.1. The maximum Gasteiger partial charge on any atom is 0.251 e. The lowest BCUT2D eigenvalue weighted by Crippen LogP contribution is -2.31. The fraction of sp³-hybridized carbons (Fsp3) is 0.176. The molecule has 42 heavy (non-hydrogen) atoms. The predicted octanol–water partition coefficient (Wildman–Crippen LogP) is 6.07. The van der Waals surface area contributed by atoms with Crippen LogP contribution in [0, 0.1) is 6.92 Å². The number of aromatic nitrogens is 3. The number of imidazole rings is 1. The molecule has 3 aromatic heterocycles. The zero-order valence-corrected chi connectivity index (χ0v) is 24.4. The van der Waals surface area contributed by atoms with E-state index < -0.39 is 5.60 Å². The quantitative estimate of drug-likeness (QED) is 0.229. The van der Waals surface area contributed by atoms with Crippen molar-refractivity contribution in [3.8, 4) is 11.1 Å². The van der Waals surface area contributed by atoms with Crippen LogP contribution in [0.1, 0.15) is 33.9 Å². The van der Waals surface area contributed by atoms with Gasteiger partial charge in [0.1, 0.15) is 11.5 Å². The van der Waals surface area contributed by atoms with Crippen LogP contribution in [0.15, 0.2) is 107 Å². The molecule has 0 fully saturated rings. The Bertz CT molecular complexity index is 1950. The zero-order valence-electron chi connectivity index (χ0n) is 23.6. The molecule has 0 amide bonds. The number of aliphatic hydroxyl groups is 1. The van der Waals surface area contributed by atoms with Gasteiger partial charge in [0.25, 0.3) is 5.56 Å². The van der Waals surface area contributed by atoms with Crippen molar-refractivity contribution in [2.45, 2.75) is 25.6 Å². The van der Waals surface area contributed by atoms with E-state index in [1.807, 2.05) is 91.3 Å². The highest BCUT2D eigenvalue weighted by atomic mass is 35.5. The second-order valence-electron chi connectivity index (χ2n) is 10.6. The van der Waals surface area contributed by atoms with Crippen molar-refractivity contribution in [2.75, 3.05) is 0 Å². The van der Waals surface area contributed by atoms with E-state index in [0.29, 0.717) is 34.9 Å². The molecule has 0 saturated heterocycles. The Morgan fingerprint density at radius 2 is 1.74 bits per heavy atom. The van der Waals surface area contributed by atoms with Crippen molar-refractivity contribution in [1.82, 2.24) is 19.4 Å². The van der Waals surface area contributed by atoms with Gasteiger partial charge in [-0.3, -0.25) is 4.79 Å². The molecule has 8 heteroatoms. The fourth-order valence-electron chi connectivity index (χ4n) is 5.52. The Morgan fingerprint density at radius 1 is 0.952 bits per heavy atom. The van der Waals surface area contributed by atoms with Gasteiger partial charge in [-0.25, -0.2) is 4.98 Å². The summed E-state index contributed by atoms with van der Waals surface area (Å²) < 4.78 is 9.08. The minimum Gasteiger partial charge on any atom is -0.465 e. The van der Waals surface area contributed by atoms with Crippen LogP contribution in [0.5, 0.6) is 0 Å². The van der Waals surface area contributed by atoms with E-state index in [-0.39, 0.29) is 5.56 Å². The number of nitrogens with one attached hydrogen (secondary N) is 1. The molecule has 0 spiro atoms. The Kier molecular flexibility index (Phi) is 7.33. The third-order valence-electron chi connectivity index (χ3n) is 7.78. The van der Waals surface area contributed by atoms with Crippen LogP contribution in [0.2, 0.25) is 5.02 Å². The Balaban J connectivity index is 1.43. The third-order valence-corrected chi connectivity index (χ3v) is 8.02. The number of nitrogens with zero attached hydrogens (tertiary/aromatic N) is 3. The number of fused-ring (bicyclic) bond motifs is 1. The van der Waals surface area contributed by atoms with E-state index in [9.17, 15) is 9.90 Å². The monoisotopic (exact) mass is 578 g/mol. The lowest BCUT2D eigenvalue weighted by Gasteiger charge is -2.30. The molecule has 0 aliphatic heterocycles. The molecule has 0 radical (unpaired) electrons. The molecule has 1 atom stereocenters. The topological polar surface area (TPSA) is 85.2 Å². The number of aryl methyl sites for hydroxylation is 3. The smallest absolute Gasteiger partial charge is 0.251 e. The molecule has 212 valence electrons. The Labute approximate surface area is 248 Å². The first-order valence-electron chi connectivity index (χ1n) is 13.7. The number of halogens is 1. The van der Waals surface area contributed by atoms with Crippen molar-refractivity contribution < 1.29 is 9.52 Å². The average molecular weight is 579 g/mol. The van der Waals surface area contributed by atoms with E-state index in [2.05, 4.69) is 10.3 Å². The largest absolute Gasteiger partial charge is 0.465 e. The molecule has 0 saturated carbocycles. The summed E-state index contributed by atoms with van der Waals surface area (Å²) in [5.41, 5.74) is 3.73. The van der Waals surface area contributed by atoms with Gasteiger partial charge in [0.2, 0.25) is 0 Å². The van der Waals surface area contributed by atoms with E-state index in [0.717, 1.165) is 39.1 Å². The van der Waals surface area contributed by atoms with Crippen molar-refractivity contribution in [3.05, 3.63) is 147 Å². The van der Waals surface area contributed by atoms with Gasteiger partial charge >= 0.3 is 0 Å². The van der Waals surface area contributed by atoms with Crippen molar-refractivity contribution in [1.29, 1.82) is 0 Å². The summed E-state index contributed by atoms with van der Waals surface area (Å²) in [5, 5.41) is 17.4. The van der Waals surface area contributed by atoms with Gasteiger partial charge in [-0.1, -0.05) is 54.1 Å². The van der Waals surface area contributed by atoms with Crippen LogP contribution < -0.4 is 10.9 Å². The molecule has 0 bridgehead atoms. The van der Waals surface area contributed by atoms with Crippen LogP contribution in [0.3, 0.4) is 0 Å². The highest BCUT2D eigenvalue weighted by molar-refractivity contribution is 6.30. The normalized spacial score (nSPS) is 13.0. The maximum absolute atomic E-state index is 12.9. The maximum atomic E-state index is 12.9. The molecule has 6 aromatic rings. The predicted molar refractivity (Wildman–Crippen MR) is 165 cm³/mol. The van der Waals surface area contributed by atoms with E-state index >= 15 is 0 Å². The van der Waals surface area contributed by atoms with Crippen LogP contribution in [-0.2, 0) is 32.8 Å². The van der Waals surface area contributed by atoms with Gasteiger partial charge in [0.05, 0.1) is 30.3 Å². The summed E-state index contributed by atoms with van der Waals surface area (Å²) in [6.07, 6.45) is 3.36. The summed E-state index contributed by atoms with van der Waals surface area (Å²) in [5.74, 6) is 1.78. The van der Waals surface area contributed by atoms with Gasteiger partial charge < -0.3 is 24.0 Å². The van der Waals surface area contributed by atoms with Gasteiger partial charge in [0, 0.05) is 37.1 Å². The number of benzene rings is 3. The first kappa shape index (κ1) is 27.7. The molecule has 6 rings (SSSR count). The van der Waals surface area contributed by atoms with Crippen molar-refractivity contribution >= 4 is 22.5 Å². The number of pyridine rings is 1. The van der Waals surface area contributed by atoms with Gasteiger partial charge in [-0.05, 0) is 71.1 Å². The standard InChI is InChI=1S/C34H31ClN4O3/c1-22-7-13-28(42-22)19-36-18-23-8-10-25(11-9-23)34(41,32-20-37-21-38(32)2)26-12-14-31-30(16-26)29(17-33(40)39(31)3)24-5-4-6-27(35)15-24/h4-17,20-21,36,41H,18-19H2,1-3H3. The number of hydrogen-bond acceptors (Lipinski definition) is 5. The van der Waals surface area contributed by atoms with E-state index in [4.69, 9.17) is 16.0 Å². The van der Waals surface area contributed by atoms with Crippen LogP contribution in [-0.4, -0.2) is 19.2 Å². The van der Waals surface area contributed by atoms with Gasteiger partial charge in [-0.2, -0.15) is 0 Å². The second-order valence-corrected chi connectivity index (χ2v) is 11.0. The van der Waals surface area contributed by atoms with Crippen molar-refractivity contribution in [2.24, 2.45) is 14.1 Å². The highest BCUT2D eigenvalue weighted by Gasteiger charge is 2.37. The molecule has 1 unspecified atom stereocenters. The number of furan rings is 1. The van der Waals surface area contributed by atoms with Crippen LogP contribution >= 0.6 is 11.6 Å².